The summed E-state index contributed by atoms with van der Waals surface area (Å²) in [5, 5.41) is 0. The number of aliphatic imine (C=N–C) groups is 1. The van der Waals surface area contributed by atoms with E-state index >= 15 is 0 Å². The number of fused-ring (bicyclic) bond motifs is 1. The molecule has 0 spiro atoms. The molecule has 17 heavy (non-hydrogen) atoms. The van der Waals surface area contributed by atoms with Crippen molar-refractivity contribution in [3.8, 4) is 0 Å². The number of nitrogens with two attached hydrogens (primary N) is 2. The van der Waals surface area contributed by atoms with Crippen LogP contribution in [0, 0.1) is 6.92 Å². The quantitative estimate of drug-likeness (QED) is 0.582. The highest BCUT2D eigenvalue weighted by Gasteiger charge is 2.13. The van der Waals surface area contributed by atoms with Crippen LogP contribution in [0.3, 0.4) is 0 Å². The molecule has 5 heteroatoms. The maximum absolute atomic E-state index is 11.8. The molecule has 0 bridgehead atoms. The van der Waals surface area contributed by atoms with Gasteiger partial charge in [0.2, 0.25) is 0 Å². The topological polar surface area (TPSA) is 81.5 Å². The molecule has 1 aromatic rings. The van der Waals surface area contributed by atoms with E-state index in [1.807, 2.05) is 19.1 Å². The molecular weight excluding hydrogens is 234 g/mol. The fourth-order valence-corrected chi connectivity index (χ4v) is 2.55. The van der Waals surface area contributed by atoms with Gasteiger partial charge in [-0.25, -0.2) is 0 Å². The van der Waals surface area contributed by atoms with E-state index in [9.17, 15) is 4.79 Å². The Morgan fingerprint density at radius 1 is 1.41 bits per heavy atom. The minimum absolute atomic E-state index is 0.209. The Bertz CT molecular complexity index is 531. The first-order valence-electron chi connectivity index (χ1n) is 5.16. The smallest absolute Gasteiger partial charge is 0.280 e. The number of amides is 1. The van der Waals surface area contributed by atoms with Gasteiger partial charge in [0.05, 0.1) is 0 Å². The van der Waals surface area contributed by atoms with E-state index < -0.39 is 0 Å². The Labute approximate surface area is 104 Å². The second kappa shape index (κ2) is 4.63. The first-order chi connectivity index (χ1) is 8.08. The van der Waals surface area contributed by atoms with E-state index in [-0.39, 0.29) is 11.9 Å². The van der Waals surface area contributed by atoms with Crippen LogP contribution < -0.4 is 11.5 Å². The molecule has 0 aliphatic carbocycles. The summed E-state index contributed by atoms with van der Waals surface area (Å²) in [7, 11) is 0. The molecular formula is C12H13N3OS. The predicted molar refractivity (Wildman–Crippen MR) is 71.1 cm³/mol. The van der Waals surface area contributed by atoms with Crippen LogP contribution in [0.25, 0.3) is 6.08 Å². The van der Waals surface area contributed by atoms with Crippen LogP contribution in [0.1, 0.15) is 21.5 Å². The van der Waals surface area contributed by atoms with Gasteiger partial charge in [-0.2, -0.15) is 4.99 Å². The lowest BCUT2D eigenvalue weighted by atomic mass is 10.0. The highest BCUT2D eigenvalue weighted by Crippen LogP contribution is 2.31. The minimum atomic E-state index is -0.388. The molecule has 1 aromatic carbocycles. The average Bonchev–Trinajstić information content (AvgIpc) is 2.27. The van der Waals surface area contributed by atoms with Crippen LogP contribution in [0.2, 0.25) is 0 Å². The normalized spacial score (nSPS) is 13.0. The Morgan fingerprint density at radius 3 is 2.88 bits per heavy atom. The Hall–Kier alpha value is -1.75. The first-order valence-corrected chi connectivity index (χ1v) is 6.14. The molecule has 0 saturated heterocycles. The van der Waals surface area contributed by atoms with E-state index in [2.05, 4.69) is 17.1 Å². The number of rotatable bonds is 1. The van der Waals surface area contributed by atoms with Gasteiger partial charge in [-0.05, 0) is 24.1 Å². The first kappa shape index (κ1) is 11.7. The summed E-state index contributed by atoms with van der Waals surface area (Å²) >= 11 is 1.70. The van der Waals surface area contributed by atoms with Gasteiger partial charge < -0.3 is 11.5 Å². The third-order valence-corrected chi connectivity index (χ3v) is 3.47. The number of carbonyl (C=O) groups excluding carboxylic acids is 1. The zero-order valence-electron chi connectivity index (χ0n) is 9.43. The lowest BCUT2D eigenvalue weighted by molar-refractivity contribution is 0.100. The zero-order valence-corrected chi connectivity index (χ0v) is 10.3. The monoisotopic (exact) mass is 247 g/mol. The molecule has 4 N–H and O–H groups in total. The van der Waals surface area contributed by atoms with Crippen molar-refractivity contribution in [2.45, 2.75) is 11.8 Å². The second-order valence-corrected chi connectivity index (χ2v) is 4.82. The van der Waals surface area contributed by atoms with Gasteiger partial charge in [0.15, 0.2) is 5.96 Å². The van der Waals surface area contributed by atoms with Crippen LogP contribution in [-0.2, 0) is 0 Å². The average molecular weight is 247 g/mol. The number of hydrogen-bond acceptors (Lipinski definition) is 2. The number of thioether (sulfide) groups is 1. The fourth-order valence-electron chi connectivity index (χ4n) is 1.69. The number of guanidine groups is 1. The van der Waals surface area contributed by atoms with E-state index in [0.717, 1.165) is 21.8 Å². The molecule has 1 amide bonds. The SMILES string of the molecule is Cc1cc2c(cc1C(=O)N=C(N)N)SCC=C2. The van der Waals surface area contributed by atoms with Gasteiger partial charge in [-0.15, -0.1) is 11.8 Å². The summed E-state index contributed by atoms with van der Waals surface area (Å²) in [4.78, 5) is 16.4. The van der Waals surface area contributed by atoms with E-state index in [4.69, 9.17) is 11.5 Å². The van der Waals surface area contributed by atoms with Crippen molar-refractivity contribution < 1.29 is 4.79 Å². The molecule has 0 atom stereocenters. The van der Waals surface area contributed by atoms with Crippen LogP contribution in [-0.4, -0.2) is 17.6 Å². The summed E-state index contributed by atoms with van der Waals surface area (Å²) in [6, 6.07) is 3.83. The third kappa shape index (κ3) is 2.50. The van der Waals surface area contributed by atoms with Crippen molar-refractivity contribution >= 4 is 29.7 Å². The second-order valence-electron chi connectivity index (χ2n) is 3.76. The molecule has 0 saturated carbocycles. The Balaban J connectivity index is 2.46. The van der Waals surface area contributed by atoms with Gasteiger partial charge in [0, 0.05) is 16.2 Å². The van der Waals surface area contributed by atoms with Gasteiger partial charge in [-0.3, -0.25) is 4.79 Å². The van der Waals surface area contributed by atoms with Crippen LogP contribution >= 0.6 is 11.8 Å². The van der Waals surface area contributed by atoms with Crippen molar-refractivity contribution in [3.05, 3.63) is 34.9 Å². The highest BCUT2D eigenvalue weighted by molar-refractivity contribution is 7.99. The van der Waals surface area contributed by atoms with Gasteiger partial charge in [-0.1, -0.05) is 18.2 Å². The van der Waals surface area contributed by atoms with E-state index in [1.165, 1.54) is 0 Å². The summed E-state index contributed by atoms with van der Waals surface area (Å²) in [6.07, 6.45) is 4.16. The maximum Gasteiger partial charge on any atom is 0.280 e. The number of aryl methyl sites for hydroxylation is 1. The molecule has 1 aliphatic heterocycles. The standard InChI is InChI=1S/C12H13N3OS/c1-7-5-8-3-2-4-17-10(8)6-9(7)11(16)15-12(13)14/h2-3,5-6H,4H2,1H3,(H4,13,14,15,16). The van der Waals surface area contributed by atoms with Crippen molar-refractivity contribution in [2.75, 3.05) is 5.75 Å². The molecule has 0 radical (unpaired) electrons. The van der Waals surface area contributed by atoms with Gasteiger partial charge >= 0.3 is 0 Å². The van der Waals surface area contributed by atoms with Crippen molar-refractivity contribution in [1.29, 1.82) is 0 Å². The number of nitrogens with zero attached hydrogens (tertiary/aromatic N) is 1. The lowest BCUT2D eigenvalue weighted by Crippen LogP contribution is -2.24. The molecule has 4 nitrogen and oxygen atoms in total. The number of hydrogen-bond donors (Lipinski definition) is 2. The van der Waals surface area contributed by atoms with Crippen molar-refractivity contribution in [3.63, 3.8) is 0 Å². The zero-order chi connectivity index (χ0) is 12.4. The van der Waals surface area contributed by atoms with Crippen molar-refractivity contribution in [1.82, 2.24) is 0 Å². The summed E-state index contributed by atoms with van der Waals surface area (Å²) in [5.74, 6) is 0.325. The summed E-state index contributed by atoms with van der Waals surface area (Å²) < 4.78 is 0. The Morgan fingerprint density at radius 2 is 2.18 bits per heavy atom. The van der Waals surface area contributed by atoms with E-state index in [0.29, 0.717) is 5.56 Å². The maximum atomic E-state index is 11.8. The molecule has 88 valence electrons. The van der Waals surface area contributed by atoms with E-state index in [1.54, 1.807) is 11.8 Å². The molecule has 0 unspecified atom stereocenters. The van der Waals surface area contributed by atoms with Crippen molar-refractivity contribution in [2.24, 2.45) is 16.5 Å². The highest BCUT2D eigenvalue weighted by atomic mass is 32.2. The third-order valence-electron chi connectivity index (χ3n) is 2.45. The number of benzene rings is 1. The molecule has 0 aromatic heterocycles. The molecule has 0 fully saturated rings. The largest absolute Gasteiger partial charge is 0.370 e. The Kier molecular flexibility index (Phi) is 3.19. The van der Waals surface area contributed by atoms with Gasteiger partial charge in [0.25, 0.3) is 5.91 Å². The van der Waals surface area contributed by atoms with Crippen LogP contribution in [0.5, 0.6) is 0 Å². The lowest BCUT2D eigenvalue weighted by Gasteiger charge is -2.12. The number of carbonyl (C=O) groups is 1. The molecule has 2 rings (SSSR count). The molecule has 1 heterocycles. The molecule has 1 aliphatic rings. The minimum Gasteiger partial charge on any atom is -0.370 e. The van der Waals surface area contributed by atoms with Crippen LogP contribution in [0.15, 0.2) is 28.1 Å². The summed E-state index contributed by atoms with van der Waals surface area (Å²) in [6.45, 7) is 1.88. The van der Waals surface area contributed by atoms with Crippen LogP contribution in [0.4, 0.5) is 0 Å². The van der Waals surface area contributed by atoms with Gasteiger partial charge in [0.1, 0.15) is 0 Å². The summed E-state index contributed by atoms with van der Waals surface area (Å²) in [5.41, 5.74) is 13.0. The predicted octanol–water partition coefficient (Wildman–Crippen LogP) is 1.53. The fraction of sp³-hybridized carbons (Fsp3) is 0.167.